The van der Waals surface area contributed by atoms with Gasteiger partial charge in [-0.25, -0.2) is 0 Å². The maximum Gasteiger partial charge on any atom is 0.118 e. The first-order valence-electron chi connectivity index (χ1n) is 6.96. The molecule has 1 atom stereocenters. The molecule has 0 aliphatic carbocycles. The molecule has 0 saturated heterocycles. The first kappa shape index (κ1) is 14.0. The van der Waals surface area contributed by atoms with Gasteiger partial charge in [0, 0.05) is 18.8 Å². The Morgan fingerprint density at radius 1 is 1.24 bits per heavy atom. The molecule has 0 saturated carbocycles. The molecule has 0 aliphatic rings. The number of rotatable bonds is 5. The van der Waals surface area contributed by atoms with Crippen LogP contribution in [-0.4, -0.2) is 12.1 Å². The highest BCUT2D eigenvalue weighted by Crippen LogP contribution is 2.23. The summed E-state index contributed by atoms with van der Waals surface area (Å²) in [6.07, 6.45) is 1.96. The van der Waals surface area contributed by atoms with Crippen molar-refractivity contribution >= 4 is 21.6 Å². The van der Waals surface area contributed by atoms with Gasteiger partial charge in [-0.3, -0.25) is 4.98 Å². The summed E-state index contributed by atoms with van der Waals surface area (Å²) < 4.78 is 6.41. The van der Waals surface area contributed by atoms with E-state index in [0.29, 0.717) is 0 Å². The quantitative estimate of drug-likeness (QED) is 0.768. The summed E-state index contributed by atoms with van der Waals surface area (Å²) in [4.78, 5) is 4.49. The Morgan fingerprint density at radius 2 is 2.05 bits per heavy atom. The van der Waals surface area contributed by atoms with E-state index in [0.717, 1.165) is 17.8 Å². The van der Waals surface area contributed by atoms with Gasteiger partial charge in [0.25, 0.3) is 0 Å². The zero-order chi connectivity index (χ0) is 14.7. The summed E-state index contributed by atoms with van der Waals surface area (Å²) in [5.74, 6) is 0.888. The summed E-state index contributed by atoms with van der Waals surface area (Å²) in [6.45, 7) is 2.99. The van der Waals surface area contributed by atoms with E-state index >= 15 is 0 Å². The van der Waals surface area contributed by atoms with E-state index in [1.165, 1.54) is 15.8 Å². The molecule has 3 rings (SSSR count). The van der Waals surface area contributed by atoms with Gasteiger partial charge in [0.1, 0.15) is 5.75 Å². The number of nitrogens with one attached hydrogen (secondary N) is 1. The number of pyridine rings is 1. The number of thiophene rings is 1. The Bertz CT molecular complexity index is 721. The van der Waals surface area contributed by atoms with Crippen LogP contribution in [0.5, 0.6) is 5.75 Å². The molecule has 1 unspecified atom stereocenters. The number of fused-ring (bicyclic) bond motifs is 1. The highest BCUT2D eigenvalue weighted by atomic mass is 32.1. The van der Waals surface area contributed by atoms with Gasteiger partial charge in [0.2, 0.25) is 0 Å². The number of aromatic nitrogens is 1. The fourth-order valence-corrected chi connectivity index (χ4v) is 3.02. The van der Waals surface area contributed by atoms with Crippen molar-refractivity contribution in [1.29, 1.82) is 0 Å². The van der Waals surface area contributed by atoms with Gasteiger partial charge in [-0.1, -0.05) is 12.1 Å². The molecule has 0 fully saturated rings. The van der Waals surface area contributed by atoms with Crippen LogP contribution in [0.3, 0.4) is 0 Å². The van der Waals surface area contributed by atoms with E-state index in [9.17, 15) is 0 Å². The second-order valence-corrected chi connectivity index (χ2v) is 5.97. The van der Waals surface area contributed by atoms with Crippen molar-refractivity contribution in [2.24, 2.45) is 0 Å². The fourth-order valence-electron chi connectivity index (χ4n) is 2.23. The number of hydrogen-bond acceptors (Lipinski definition) is 4. The highest BCUT2D eigenvalue weighted by Gasteiger charge is 2.07. The molecule has 4 heteroatoms. The zero-order valence-electron chi connectivity index (χ0n) is 12.2. The number of methoxy groups -OCH3 is 1. The second kappa shape index (κ2) is 6.24. The number of benzene rings is 1. The predicted octanol–water partition coefficient (Wildman–Crippen LogP) is 4.16. The van der Waals surface area contributed by atoms with Crippen molar-refractivity contribution in [1.82, 2.24) is 10.3 Å². The minimum atomic E-state index is 0.270. The Labute approximate surface area is 128 Å². The maximum absolute atomic E-state index is 5.17. The molecule has 0 amide bonds. The summed E-state index contributed by atoms with van der Waals surface area (Å²) in [6, 6.07) is 12.7. The van der Waals surface area contributed by atoms with Crippen LogP contribution in [0.4, 0.5) is 0 Å². The molecule has 1 N–H and O–H groups in total. The number of ether oxygens (including phenoxy) is 1. The molecule has 0 radical (unpaired) electrons. The average Bonchev–Trinajstić information content (AvgIpc) is 3.00. The van der Waals surface area contributed by atoms with E-state index < -0.39 is 0 Å². The van der Waals surface area contributed by atoms with Crippen molar-refractivity contribution in [3.05, 3.63) is 59.1 Å². The molecule has 21 heavy (non-hydrogen) atoms. The minimum Gasteiger partial charge on any atom is -0.497 e. The molecule has 108 valence electrons. The fraction of sp³-hybridized carbons (Fsp3) is 0.235. The van der Waals surface area contributed by atoms with Gasteiger partial charge in [0.15, 0.2) is 0 Å². The Hall–Kier alpha value is -1.91. The monoisotopic (exact) mass is 298 g/mol. The third-order valence-electron chi connectivity index (χ3n) is 3.60. The van der Waals surface area contributed by atoms with Gasteiger partial charge >= 0.3 is 0 Å². The predicted molar refractivity (Wildman–Crippen MR) is 87.9 cm³/mol. The van der Waals surface area contributed by atoms with Crippen molar-refractivity contribution in [3.8, 4) is 5.75 Å². The van der Waals surface area contributed by atoms with Gasteiger partial charge in [-0.2, -0.15) is 0 Å². The third kappa shape index (κ3) is 3.23. The van der Waals surface area contributed by atoms with Crippen LogP contribution in [0.2, 0.25) is 0 Å². The molecule has 2 aromatic heterocycles. The van der Waals surface area contributed by atoms with E-state index in [2.05, 4.69) is 46.9 Å². The largest absolute Gasteiger partial charge is 0.497 e. The van der Waals surface area contributed by atoms with E-state index in [1.807, 2.05) is 18.3 Å². The number of hydrogen-bond donors (Lipinski definition) is 1. The zero-order valence-corrected chi connectivity index (χ0v) is 13.0. The lowest BCUT2D eigenvalue weighted by Crippen LogP contribution is -2.18. The lowest BCUT2D eigenvalue weighted by molar-refractivity contribution is 0.414. The molecule has 3 aromatic rings. The van der Waals surface area contributed by atoms with Gasteiger partial charge in [-0.05, 0) is 47.7 Å². The summed E-state index contributed by atoms with van der Waals surface area (Å²) in [7, 11) is 1.68. The summed E-state index contributed by atoms with van der Waals surface area (Å²) in [5.41, 5.74) is 3.54. The average molecular weight is 298 g/mol. The van der Waals surface area contributed by atoms with Crippen LogP contribution in [0.25, 0.3) is 10.2 Å². The highest BCUT2D eigenvalue weighted by molar-refractivity contribution is 7.17. The van der Waals surface area contributed by atoms with E-state index in [-0.39, 0.29) is 6.04 Å². The van der Waals surface area contributed by atoms with Crippen molar-refractivity contribution in [2.75, 3.05) is 7.11 Å². The lowest BCUT2D eigenvalue weighted by atomic mass is 10.1. The Kier molecular flexibility index (Phi) is 4.18. The van der Waals surface area contributed by atoms with Crippen LogP contribution >= 0.6 is 11.3 Å². The standard InChI is InChI=1S/C17H18N2OS/c1-12(14-9-17-16(19-11-14)7-8-21-17)18-10-13-3-5-15(20-2)6-4-13/h3-9,11-12,18H,10H2,1-2H3. The molecule has 3 nitrogen and oxygen atoms in total. The van der Waals surface area contributed by atoms with Crippen LogP contribution in [-0.2, 0) is 6.54 Å². The minimum absolute atomic E-state index is 0.270. The summed E-state index contributed by atoms with van der Waals surface area (Å²) >= 11 is 1.73. The van der Waals surface area contributed by atoms with Crippen molar-refractivity contribution in [2.45, 2.75) is 19.5 Å². The van der Waals surface area contributed by atoms with Crippen molar-refractivity contribution in [3.63, 3.8) is 0 Å². The first-order chi connectivity index (χ1) is 10.3. The van der Waals surface area contributed by atoms with Gasteiger partial charge in [0.05, 0.1) is 17.3 Å². The second-order valence-electron chi connectivity index (χ2n) is 5.02. The molecule has 2 heterocycles. The third-order valence-corrected chi connectivity index (χ3v) is 4.45. The Balaban J connectivity index is 1.66. The molecular formula is C17H18N2OS. The smallest absolute Gasteiger partial charge is 0.118 e. The van der Waals surface area contributed by atoms with Crippen LogP contribution in [0.1, 0.15) is 24.1 Å². The Morgan fingerprint density at radius 3 is 2.81 bits per heavy atom. The SMILES string of the molecule is COc1ccc(CNC(C)c2cnc3ccsc3c2)cc1. The maximum atomic E-state index is 5.17. The normalized spacial score (nSPS) is 12.5. The van der Waals surface area contributed by atoms with Crippen LogP contribution < -0.4 is 10.1 Å². The molecule has 0 spiro atoms. The van der Waals surface area contributed by atoms with Gasteiger partial charge in [-0.15, -0.1) is 11.3 Å². The van der Waals surface area contributed by atoms with Crippen LogP contribution in [0, 0.1) is 0 Å². The molecule has 1 aromatic carbocycles. The van der Waals surface area contributed by atoms with Gasteiger partial charge < -0.3 is 10.1 Å². The topological polar surface area (TPSA) is 34.1 Å². The first-order valence-corrected chi connectivity index (χ1v) is 7.83. The van der Waals surface area contributed by atoms with Crippen molar-refractivity contribution < 1.29 is 4.74 Å². The summed E-state index contributed by atoms with van der Waals surface area (Å²) in [5, 5.41) is 5.61. The molecular weight excluding hydrogens is 280 g/mol. The van der Waals surface area contributed by atoms with E-state index in [1.54, 1.807) is 18.4 Å². The molecule has 0 bridgehead atoms. The molecule has 0 aliphatic heterocycles. The van der Waals surface area contributed by atoms with Crippen LogP contribution in [0.15, 0.2) is 48.0 Å². The lowest BCUT2D eigenvalue weighted by Gasteiger charge is -2.14. The number of nitrogens with zero attached hydrogens (tertiary/aromatic N) is 1. The van der Waals surface area contributed by atoms with E-state index in [4.69, 9.17) is 4.74 Å².